The van der Waals surface area contributed by atoms with E-state index in [-0.39, 0.29) is 5.56 Å². The van der Waals surface area contributed by atoms with Crippen molar-refractivity contribution in [3.8, 4) is 0 Å². The molecule has 4 nitrogen and oxygen atoms in total. The minimum Gasteiger partial charge on any atom is -0.314 e. The Morgan fingerprint density at radius 1 is 1.45 bits per heavy atom. The Morgan fingerprint density at radius 2 is 2.25 bits per heavy atom. The molecule has 1 saturated carbocycles. The molecule has 1 aliphatic carbocycles. The maximum Gasteiger partial charge on any atom is 0.251 e. The van der Waals surface area contributed by atoms with Crippen LogP contribution < -0.4 is 10.9 Å². The van der Waals surface area contributed by atoms with Crippen LogP contribution in [-0.2, 0) is 6.42 Å². The van der Waals surface area contributed by atoms with Crippen LogP contribution in [-0.4, -0.2) is 27.8 Å². The number of aromatic amines is 1. The number of nitrogens with one attached hydrogen (secondary N) is 2. The van der Waals surface area contributed by atoms with Gasteiger partial charge in [-0.2, -0.15) is 0 Å². The van der Waals surface area contributed by atoms with Crippen molar-refractivity contribution in [2.45, 2.75) is 62.9 Å². The molecule has 5 heteroatoms. The zero-order valence-electron chi connectivity index (χ0n) is 12.6. The van der Waals surface area contributed by atoms with Crippen molar-refractivity contribution in [1.82, 2.24) is 15.3 Å². The van der Waals surface area contributed by atoms with Gasteiger partial charge in [0, 0.05) is 23.1 Å². The number of H-pyrrole nitrogens is 1. The molecule has 2 rings (SSSR count). The lowest BCUT2D eigenvalue weighted by Gasteiger charge is -2.20. The summed E-state index contributed by atoms with van der Waals surface area (Å²) in [6.45, 7) is 7.58. The Bertz CT molecular complexity index is 488. The molecule has 1 aromatic heterocycles. The monoisotopic (exact) mass is 295 g/mol. The van der Waals surface area contributed by atoms with Gasteiger partial charge in [0.15, 0.2) is 5.16 Å². The fourth-order valence-corrected chi connectivity index (χ4v) is 4.19. The smallest absolute Gasteiger partial charge is 0.251 e. The fourth-order valence-electron chi connectivity index (χ4n) is 2.91. The molecule has 0 spiro atoms. The first-order valence-corrected chi connectivity index (χ1v) is 8.52. The van der Waals surface area contributed by atoms with E-state index in [4.69, 9.17) is 0 Å². The standard InChI is InChI=1S/C15H25N3OS/c1-4-6-11-9-14(19)18-15(17-11)20-13-8-7-12(10(13)3)16-5-2/h9-10,12-13,16H,4-8H2,1-3H3,(H,17,18,19). The van der Waals surface area contributed by atoms with Gasteiger partial charge in [-0.15, -0.1) is 0 Å². The average molecular weight is 295 g/mol. The minimum atomic E-state index is -0.0279. The molecule has 1 aliphatic rings. The Morgan fingerprint density at radius 3 is 2.95 bits per heavy atom. The maximum atomic E-state index is 11.7. The van der Waals surface area contributed by atoms with Crippen LogP contribution in [0.5, 0.6) is 0 Å². The predicted molar refractivity (Wildman–Crippen MR) is 84.4 cm³/mol. The summed E-state index contributed by atoms with van der Waals surface area (Å²) < 4.78 is 0. The van der Waals surface area contributed by atoms with Gasteiger partial charge in [0.1, 0.15) is 0 Å². The van der Waals surface area contributed by atoms with Crippen LogP contribution in [0.25, 0.3) is 0 Å². The Labute approximate surface area is 125 Å². The molecule has 0 aromatic carbocycles. The van der Waals surface area contributed by atoms with E-state index in [1.807, 2.05) is 0 Å². The van der Waals surface area contributed by atoms with E-state index >= 15 is 0 Å². The second kappa shape index (κ2) is 7.27. The molecular formula is C15H25N3OS. The number of thioether (sulfide) groups is 1. The molecule has 0 saturated heterocycles. The topological polar surface area (TPSA) is 57.8 Å². The van der Waals surface area contributed by atoms with E-state index in [1.54, 1.807) is 17.8 Å². The number of nitrogens with zero attached hydrogens (tertiary/aromatic N) is 1. The predicted octanol–water partition coefficient (Wildman–Crippen LogP) is 2.59. The van der Waals surface area contributed by atoms with E-state index in [9.17, 15) is 4.79 Å². The van der Waals surface area contributed by atoms with E-state index in [1.165, 1.54) is 12.8 Å². The van der Waals surface area contributed by atoms with Gasteiger partial charge in [-0.25, -0.2) is 4.98 Å². The SMILES string of the molecule is CCCc1cc(=O)[nH]c(SC2CCC(NCC)C2C)n1. The summed E-state index contributed by atoms with van der Waals surface area (Å²) in [6, 6.07) is 2.22. The van der Waals surface area contributed by atoms with Crippen LogP contribution in [0.1, 0.15) is 45.7 Å². The van der Waals surface area contributed by atoms with Gasteiger partial charge in [0.2, 0.25) is 0 Å². The maximum absolute atomic E-state index is 11.7. The Balaban J connectivity index is 2.05. The second-order valence-corrected chi connectivity index (χ2v) is 6.78. The number of hydrogen-bond donors (Lipinski definition) is 2. The first-order chi connectivity index (χ1) is 9.63. The molecule has 0 amide bonds. The number of hydrogen-bond acceptors (Lipinski definition) is 4. The number of rotatable bonds is 6. The Hall–Kier alpha value is -0.810. The molecule has 112 valence electrons. The van der Waals surface area contributed by atoms with Crippen molar-refractivity contribution in [3.05, 3.63) is 22.1 Å². The van der Waals surface area contributed by atoms with Gasteiger partial charge in [-0.05, 0) is 31.7 Å². The van der Waals surface area contributed by atoms with Crippen LogP contribution in [0.4, 0.5) is 0 Å². The lowest BCUT2D eigenvalue weighted by atomic mass is 10.1. The van der Waals surface area contributed by atoms with Crippen molar-refractivity contribution in [2.75, 3.05) is 6.54 Å². The second-order valence-electron chi connectivity index (χ2n) is 5.55. The van der Waals surface area contributed by atoms with Crippen LogP contribution in [0.3, 0.4) is 0 Å². The molecule has 1 fully saturated rings. The number of aromatic nitrogens is 2. The van der Waals surface area contributed by atoms with Gasteiger partial charge >= 0.3 is 0 Å². The molecule has 1 aromatic rings. The molecular weight excluding hydrogens is 270 g/mol. The average Bonchev–Trinajstić information content (AvgIpc) is 2.72. The van der Waals surface area contributed by atoms with E-state index < -0.39 is 0 Å². The van der Waals surface area contributed by atoms with Crippen molar-refractivity contribution in [1.29, 1.82) is 0 Å². The summed E-state index contributed by atoms with van der Waals surface area (Å²) in [5.41, 5.74) is 0.882. The van der Waals surface area contributed by atoms with E-state index in [2.05, 4.69) is 36.1 Å². The Kier molecular flexibility index (Phi) is 5.66. The quantitative estimate of drug-likeness (QED) is 0.792. The van der Waals surface area contributed by atoms with Crippen molar-refractivity contribution in [3.63, 3.8) is 0 Å². The third-order valence-electron chi connectivity index (χ3n) is 3.99. The summed E-state index contributed by atoms with van der Waals surface area (Å²) in [7, 11) is 0. The van der Waals surface area contributed by atoms with Crippen molar-refractivity contribution >= 4 is 11.8 Å². The van der Waals surface area contributed by atoms with Crippen LogP contribution >= 0.6 is 11.8 Å². The highest BCUT2D eigenvalue weighted by atomic mass is 32.2. The third kappa shape index (κ3) is 3.85. The molecule has 1 heterocycles. The first-order valence-electron chi connectivity index (χ1n) is 7.64. The van der Waals surface area contributed by atoms with Gasteiger partial charge < -0.3 is 10.3 Å². The zero-order valence-corrected chi connectivity index (χ0v) is 13.4. The molecule has 3 unspecified atom stereocenters. The van der Waals surface area contributed by atoms with Crippen LogP contribution in [0.15, 0.2) is 16.0 Å². The fraction of sp³-hybridized carbons (Fsp3) is 0.733. The van der Waals surface area contributed by atoms with E-state index in [0.717, 1.165) is 30.2 Å². The molecule has 20 heavy (non-hydrogen) atoms. The highest BCUT2D eigenvalue weighted by molar-refractivity contribution is 7.99. The van der Waals surface area contributed by atoms with Crippen molar-refractivity contribution in [2.24, 2.45) is 5.92 Å². The number of aryl methyl sites for hydroxylation is 1. The highest BCUT2D eigenvalue weighted by Crippen LogP contribution is 2.37. The molecule has 0 radical (unpaired) electrons. The summed E-state index contributed by atoms with van der Waals surface area (Å²) >= 11 is 1.74. The minimum absolute atomic E-state index is 0.0279. The lowest BCUT2D eigenvalue weighted by Crippen LogP contribution is -2.33. The third-order valence-corrected chi connectivity index (χ3v) is 5.38. The van der Waals surface area contributed by atoms with Crippen molar-refractivity contribution < 1.29 is 0 Å². The summed E-state index contributed by atoms with van der Waals surface area (Å²) in [4.78, 5) is 19.1. The molecule has 2 N–H and O–H groups in total. The van der Waals surface area contributed by atoms with Crippen LogP contribution in [0, 0.1) is 5.92 Å². The first kappa shape index (κ1) is 15.6. The van der Waals surface area contributed by atoms with Gasteiger partial charge in [-0.3, -0.25) is 4.79 Å². The van der Waals surface area contributed by atoms with Gasteiger partial charge in [0.25, 0.3) is 5.56 Å². The molecule has 0 aliphatic heterocycles. The normalized spacial score (nSPS) is 26.1. The summed E-state index contributed by atoms with van der Waals surface area (Å²) in [5.74, 6) is 0.611. The van der Waals surface area contributed by atoms with E-state index in [0.29, 0.717) is 17.2 Å². The van der Waals surface area contributed by atoms with Gasteiger partial charge in [-0.1, -0.05) is 39.0 Å². The van der Waals surface area contributed by atoms with Crippen LogP contribution in [0.2, 0.25) is 0 Å². The van der Waals surface area contributed by atoms with Gasteiger partial charge in [0.05, 0.1) is 0 Å². The molecule has 3 atom stereocenters. The summed E-state index contributed by atoms with van der Waals surface area (Å²) in [6.07, 6.45) is 4.29. The highest BCUT2D eigenvalue weighted by Gasteiger charge is 2.33. The lowest BCUT2D eigenvalue weighted by molar-refractivity contribution is 0.441. The largest absolute Gasteiger partial charge is 0.314 e. The molecule has 0 bridgehead atoms. The zero-order chi connectivity index (χ0) is 14.5. The summed E-state index contributed by atoms with van der Waals surface area (Å²) in [5, 5.41) is 4.88.